The molecule has 6 heteroatoms. The molecule has 0 spiro atoms. The van der Waals surface area contributed by atoms with Crippen molar-refractivity contribution < 1.29 is 9.90 Å². The van der Waals surface area contributed by atoms with Crippen LogP contribution in [0.1, 0.15) is 5.56 Å². The summed E-state index contributed by atoms with van der Waals surface area (Å²) in [5, 5.41) is 12.9. The molecule has 0 aliphatic heterocycles. The van der Waals surface area contributed by atoms with Gasteiger partial charge in [-0.05, 0) is 18.2 Å². The van der Waals surface area contributed by atoms with Crippen LogP contribution in [0.15, 0.2) is 34.0 Å². The van der Waals surface area contributed by atoms with Gasteiger partial charge in [-0.1, -0.05) is 15.9 Å². The number of rotatable bonds is 2. The number of hydrogen-bond acceptors (Lipinski definition) is 2. The zero-order chi connectivity index (χ0) is 11.5. The molecule has 2 aromatic rings. The first-order valence-electron chi connectivity index (χ1n) is 4.45. The predicted octanol–water partition coefficient (Wildman–Crippen LogP) is 2.53. The average molecular weight is 282 g/mol. The lowest BCUT2D eigenvalue weighted by Crippen LogP contribution is -2.13. The number of fused-ring (bicyclic) bond motifs is 1. The van der Waals surface area contributed by atoms with Crippen LogP contribution in [0.25, 0.3) is 10.9 Å². The van der Waals surface area contributed by atoms with Gasteiger partial charge < -0.3 is 10.1 Å². The molecule has 1 amide bonds. The van der Waals surface area contributed by atoms with E-state index in [9.17, 15) is 4.79 Å². The molecule has 0 unspecified atom stereocenters. The molecule has 1 aromatic heterocycles. The number of hydrazone groups is 1. The largest absolute Gasteiger partial charge is 0.464 e. The number of nitrogens with one attached hydrogen (secondary N) is 2. The first-order valence-corrected chi connectivity index (χ1v) is 5.25. The summed E-state index contributed by atoms with van der Waals surface area (Å²) in [6.45, 7) is 0. The number of halogens is 1. The summed E-state index contributed by atoms with van der Waals surface area (Å²) in [6.07, 6.45) is 2.04. The van der Waals surface area contributed by atoms with Crippen LogP contribution in [0.5, 0.6) is 0 Å². The van der Waals surface area contributed by atoms with Gasteiger partial charge in [0, 0.05) is 27.1 Å². The van der Waals surface area contributed by atoms with Gasteiger partial charge in [0.2, 0.25) is 0 Å². The summed E-state index contributed by atoms with van der Waals surface area (Å²) in [7, 11) is 0. The van der Waals surface area contributed by atoms with Crippen molar-refractivity contribution in [2.24, 2.45) is 5.10 Å². The van der Waals surface area contributed by atoms with Crippen molar-refractivity contribution in [2.45, 2.75) is 0 Å². The SMILES string of the molecule is O=C(O)N/N=C\c1c[nH]c2ccc(Br)cc12. The summed E-state index contributed by atoms with van der Waals surface area (Å²) in [5.41, 5.74) is 3.72. The van der Waals surface area contributed by atoms with Gasteiger partial charge in [0.05, 0.1) is 6.21 Å². The maximum absolute atomic E-state index is 10.2. The topological polar surface area (TPSA) is 77.5 Å². The van der Waals surface area contributed by atoms with Crippen molar-refractivity contribution in [2.75, 3.05) is 0 Å². The Kier molecular flexibility index (Phi) is 2.91. The fourth-order valence-corrected chi connectivity index (χ4v) is 1.74. The van der Waals surface area contributed by atoms with E-state index in [0.717, 1.165) is 20.9 Å². The highest BCUT2D eigenvalue weighted by molar-refractivity contribution is 9.10. The van der Waals surface area contributed by atoms with E-state index in [1.165, 1.54) is 6.21 Å². The number of carboxylic acid groups (broad SMARTS) is 1. The van der Waals surface area contributed by atoms with Crippen LogP contribution in [0.2, 0.25) is 0 Å². The molecule has 82 valence electrons. The normalized spacial score (nSPS) is 11.1. The Bertz CT molecular complexity index is 562. The minimum absolute atomic E-state index is 0.824. The zero-order valence-electron chi connectivity index (χ0n) is 8.07. The quantitative estimate of drug-likeness (QED) is 0.584. The Morgan fingerprint density at radius 3 is 3.12 bits per heavy atom. The third-order valence-electron chi connectivity index (χ3n) is 2.04. The highest BCUT2D eigenvalue weighted by atomic mass is 79.9. The molecule has 0 aliphatic rings. The first kappa shape index (κ1) is 10.7. The first-order chi connectivity index (χ1) is 7.66. The summed E-state index contributed by atoms with van der Waals surface area (Å²) in [6, 6.07) is 5.80. The fraction of sp³-hybridized carbons (Fsp3) is 0. The molecule has 0 saturated heterocycles. The summed E-state index contributed by atoms with van der Waals surface area (Å²) < 4.78 is 0.959. The van der Waals surface area contributed by atoms with Crippen LogP contribution in [0.3, 0.4) is 0 Å². The minimum Gasteiger partial charge on any atom is -0.464 e. The van der Waals surface area contributed by atoms with Crippen molar-refractivity contribution in [3.05, 3.63) is 34.4 Å². The second kappa shape index (κ2) is 4.36. The van der Waals surface area contributed by atoms with Crippen molar-refractivity contribution in [1.29, 1.82) is 0 Å². The summed E-state index contributed by atoms with van der Waals surface area (Å²) in [5.74, 6) is 0. The van der Waals surface area contributed by atoms with Crippen LogP contribution >= 0.6 is 15.9 Å². The van der Waals surface area contributed by atoms with Gasteiger partial charge in [-0.3, -0.25) is 0 Å². The van der Waals surface area contributed by atoms with E-state index < -0.39 is 6.09 Å². The lowest BCUT2D eigenvalue weighted by molar-refractivity contribution is 0.195. The second-order valence-corrected chi connectivity index (χ2v) is 4.02. The van der Waals surface area contributed by atoms with Crippen LogP contribution in [-0.4, -0.2) is 22.4 Å². The maximum Gasteiger partial charge on any atom is 0.425 e. The summed E-state index contributed by atoms with van der Waals surface area (Å²) in [4.78, 5) is 13.3. The van der Waals surface area contributed by atoms with Crippen LogP contribution in [-0.2, 0) is 0 Å². The molecule has 1 heterocycles. The Balaban J connectivity index is 2.34. The highest BCUT2D eigenvalue weighted by Crippen LogP contribution is 2.21. The predicted molar refractivity (Wildman–Crippen MR) is 64.8 cm³/mol. The van der Waals surface area contributed by atoms with E-state index in [0.29, 0.717) is 0 Å². The number of amides is 1. The van der Waals surface area contributed by atoms with E-state index in [-0.39, 0.29) is 0 Å². The van der Waals surface area contributed by atoms with E-state index in [4.69, 9.17) is 5.11 Å². The molecule has 0 saturated carbocycles. The molecule has 0 aliphatic carbocycles. The third kappa shape index (κ3) is 2.22. The summed E-state index contributed by atoms with van der Waals surface area (Å²) >= 11 is 3.37. The Hall–Kier alpha value is -1.82. The zero-order valence-corrected chi connectivity index (χ0v) is 9.65. The average Bonchev–Trinajstić information content (AvgIpc) is 2.60. The number of hydrogen-bond donors (Lipinski definition) is 3. The van der Waals surface area contributed by atoms with E-state index in [1.54, 1.807) is 6.20 Å². The van der Waals surface area contributed by atoms with Gasteiger partial charge in [0.15, 0.2) is 0 Å². The van der Waals surface area contributed by atoms with E-state index >= 15 is 0 Å². The van der Waals surface area contributed by atoms with Crippen LogP contribution < -0.4 is 5.43 Å². The van der Waals surface area contributed by atoms with Crippen molar-refractivity contribution in [3.63, 3.8) is 0 Å². The molecule has 3 N–H and O–H groups in total. The van der Waals surface area contributed by atoms with Crippen LogP contribution in [0, 0.1) is 0 Å². The van der Waals surface area contributed by atoms with Crippen molar-refractivity contribution in [1.82, 2.24) is 10.4 Å². The molecule has 0 fully saturated rings. The number of carbonyl (C=O) groups is 1. The lowest BCUT2D eigenvalue weighted by Gasteiger charge is -1.93. The number of benzene rings is 1. The molecule has 16 heavy (non-hydrogen) atoms. The fourth-order valence-electron chi connectivity index (χ4n) is 1.38. The smallest absolute Gasteiger partial charge is 0.425 e. The van der Waals surface area contributed by atoms with Crippen LogP contribution in [0.4, 0.5) is 4.79 Å². The monoisotopic (exact) mass is 281 g/mol. The highest BCUT2D eigenvalue weighted by Gasteiger charge is 2.01. The maximum atomic E-state index is 10.2. The molecule has 0 radical (unpaired) electrons. The Morgan fingerprint density at radius 1 is 1.56 bits per heavy atom. The number of aromatic nitrogens is 1. The molecule has 1 aromatic carbocycles. The molecule has 2 rings (SSSR count). The standard InChI is InChI=1S/C10H8BrN3O2/c11-7-1-2-9-8(3-7)6(4-12-9)5-13-14-10(15)16/h1-5,12,14H,(H,15,16)/b13-5-. The van der Waals surface area contributed by atoms with E-state index in [2.05, 4.69) is 26.0 Å². The van der Waals surface area contributed by atoms with Gasteiger partial charge >= 0.3 is 6.09 Å². The Labute approximate surface area is 99.3 Å². The third-order valence-corrected chi connectivity index (χ3v) is 2.53. The van der Waals surface area contributed by atoms with Gasteiger partial charge in [-0.2, -0.15) is 5.10 Å². The molecule has 5 nitrogen and oxygen atoms in total. The van der Waals surface area contributed by atoms with Gasteiger partial charge in [-0.25, -0.2) is 10.2 Å². The minimum atomic E-state index is -1.18. The van der Waals surface area contributed by atoms with Gasteiger partial charge in [0.25, 0.3) is 0 Å². The van der Waals surface area contributed by atoms with Gasteiger partial charge in [0.1, 0.15) is 0 Å². The van der Waals surface area contributed by atoms with Gasteiger partial charge in [-0.15, -0.1) is 0 Å². The Morgan fingerprint density at radius 2 is 2.38 bits per heavy atom. The lowest BCUT2D eigenvalue weighted by atomic mass is 10.2. The molecule has 0 atom stereocenters. The number of nitrogens with zero attached hydrogens (tertiary/aromatic N) is 1. The van der Waals surface area contributed by atoms with E-state index in [1.807, 2.05) is 23.6 Å². The van der Waals surface area contributed by atoms with Crippen molar-refractivity contribution >= 4 is 39.1 Å². The number of aromatic amines is 1. The molecular weight excluding hydrogens is 274 g/mol. The second-order valence-electron chi connectivity index (χ2n) is 3.11. The van der Waals surface area contributed by atoms with Crippen molar-refractivity contribution in [3.8, 4) is 0 Å². The molecular formula is C10H8BrN3O2. The molecule has 0 bridgehead atoms. The number of H-pyrrole nitrogens is 1.